The number of methoxy groups -OCH3 is 1. The predicted octanol–water partition coefficient (Wildman–Crippen LogP) is 1.00. The SMILES string of the molecule is COCCNCCNC(=O)Cc1ccccc1.Cl. The molecule has 1 aromatic rings. The van der Waals surface area contributed by atoms with Crippen LogP contribution in [0.25, 0.3) is 0 Å². The van der Waals surface area contributed by atoms with Crippen molar-refractivity contribution < 1.29 is 9.53 Å². The van der Waals surface area contributed by atoms with Gasteiger partial charge >= 0.3 is 0 Å². The number of ether oxygens (including phenoxy) is 1. The van der Waals surface area contributed by atoms with Crippen LogP contribution in [0.5, 0.6) is 0 Å². The van der Waals surface area contributed by atoms with Gasteiger partial charge in [0.25, 0.3) is 0 Å². The summed E-state index contributed by atoms with van der Waals surface area (Å²) in [7, 11) is 1.67. The van der Waals surface area contributed by atoms with Gasteiger partial charge in [-0.3, -0.25) is 4.79 Å². The molecule has 0 spiro atoms. The van der Waals surface area contributed by atoms with Crippen LogP contribution in [0.3, 0.4) is 0 Å². The molecule has 0 fully saturated rings. The van der Waals surface area contributed by atoms with E-state index in [9.17, 15) is 4.79 Å². The first kappa shape index (κ1) is 16.9. The van der Waals surface area contributed by atoms with Gasteiger partial charge in [-0.2, -0.15) is 0 Å². The van der Waals surface area contributed by atoms with E-state index < -0.39 is 0 Å². The van der Waals surface area contributed by atoms with E-state index in [4.69, 9.17) is 4.74 Å². The largest absolute Gasteiger partial charge is 0.383 e. The van der Waals surface area contributed by atoms with Gasteiger partial charge in [-0.15, -0.1) is 12.4 Å². The lowest BCUT2D eigenvalue weighted by Crippen LogP contribution is -2.33. The summed E-state index contributed by atoms with van der Waals surface area (Å²) < 4.78 is 4.90. The number of hydrogen-bond donors (Lipinski definition) is 2. The minimum atomic E-state index is 0. The normalized spacial score (nSPS) is 9.61. The minimum Gasteiger partial charge on any atom is -0.383 e. The van der Waals surface area contributed by atoms with Crippen LogP contribution in [0.1, 0.15) is 5.56 Å². The second kappa shape index (κ2) is 11.0. The summed E-state index contributed by atoms with van der Waals surface area (Å²) in [5, 5.41) is 6.03. The van der Waals surface area contributed by atoms with E-state index in [2.05, 4.69) is 10.6 Å². The van der Waals surface area contributed by atoms with Crippen LogP contribution in [0.15, 0.2) is 30.3 Å². The molecule has 0 saturated heterocycles. The summed E-state index contributed by atoms with van der Waals surface area (Å²) in [6.45, 7) is 2.92. The average Bonchev–Trinajstić information content (AvgIpc) is 2.35. The van der Waals surface area contributed by atoms with Crippen LogP contribution in [0.4, 0.5) is 0 Å². The van der Waals surface area contributed by atoms with Crippen LogP contribution < -0.4 is 10.6 Å². The molecule has 0 unspecified atom stereocenters. The van der Waals surface area contributed by atoms with Gasteiger partial charge in [0.2, 0.25) is 5.91 Å². The summed E-state index contributed by atoms with van der Waals surface area (Å²) in [5.74, 6) is 0.0599. The molecule has 0 aliphatic carbocycles. The van der Waals surface area contributed by atoms with Gasteiger partial charge in [0.15, 0.2) is 0 Å². The fourth-order valence-corrected chi connectivity index (χ4v) is 1.43. The van der Waals surface area contributed by atoms with Crippen molar-refractivity contribution in [1.82, 2.24) is 10.6 Å². The van der Waals surface area contributed by atoms with Crippen LogP contribution in [-0.4, -0.2) is 39.3 Å². The average molecular weight is 273 g/mol. The van der Waals surface area contributed by atoms with E-state index in [0.29, 0.717) is 19.6 Å². The van der Waals surface area contributed by atoms with Gasteiger partial charge in [0.1, 0.15) is 0 Å². The smallest absolute Gasteiger partial charge is 0.224 e. The molecule has 0 aliphatic heterocycles. The summed E-state index contributed by atoms with van der Waals surface area (Å²) in [4.78, 5) is 11.5. The molecule has 1 rings (SSSR count). The molecular formula is C13H21ClN2O2. The first-order chi connectivity index (χ1) is 8.33. The van der Waals surface area contributed by atoms with Gasteiger partial charge < -0.3 is 15.4 Å². The highest BCUT2D eigenvalue weighted by atomic mass is 35.5. The number of rotatable bonds is 8. The topological polar surface area (TPSA) is 50.4 Å². The van der Waals surface area contributed by atoms with Crippen LogP contribution in [0.2, 0.25) is 0 Å². The molecule has 0 aromatic heterocycles. The highest BCUT2D eigenvalue weighted by molar-refractivity contribution is 5.85. The zero-order valence-corrected chi connectivity index (χ0v) is 11.5. The quantitative estimate of drug-likeness (QED) is 0.695. The minimum absolute atomic E-state index is 0. The van der Waals surface area contributed by atoms with E-state index in [1.807, 2.05) is 30.3 Å². The highest BCUT2D eigenvalue weighted by Crippen LogP contribution is 1.98. The third-order valence-corrected chi connectivity index (χ3v) is 2.31. The Morgan fingerprint density at radius 1 is 1.17 bits per heavy atom. The number of hydrogen-bond acceptors (Lipinski definition) is 3. The molecule has 0 aliphatic rings. The third kappa shape index (κ3) is 8.06. The summed E-state index contributed by atoms with van der Waals surface area (Å²) in [6, 6.07) is 9.73. The van der Waals surface area contributed by atoms with Crippen molar-refractivity contribution in [3.8, 4) is 0 Å². The maximum Gasteiger partial charge on any atom is 0.224 e. The van der Waals surface area contributed by atoms with E-state index in [-0.39, 0.29) is 18.3 Å². The fourth-order valence-electron chi connectivity index (χ4n) is 1.43. The van der Waals surface area contributed by atoms with Crippen molar-refractivity contribution in [2.45, 2.75) is 6.42 Å². The van der Waals surface area contributed by atoms with Crippen LogP contribution in [0, 0.1) is 0 Å². The Kier molecular flexibility index (Phi) is 10.3. The van der Waals surface area contributed by atoms with Gasteiger partial charge in [-0.05, 0) is 5.56 Å². The molecule has 102 valence electrons. The van der Waals surface area contributed by atoms with E-state index in [1.165, 1.54) is 0 Å². The van der Waals surface area contributed by atoms with Gasteiger partial charge in [-0.25, -0.2) is 0 Å². The standard InChI is InChI=1S/C13H20N2O2.ClH/c1-17-10-9-14-7-8-15-13(16)11-12-5-3-2-4-6-12;/h2-6,14H,7-11H2,1H3,(H,15,16);1H. The van der Waals surface area contributed by atoms with Crippen molar-refractivity contribution in [3.05, 3.63) is 35.9 Å². The molecule has 0 atom stereocenters. The first-order valence-electron chi connectivity index (χ1n) is 5.83. The summed E-state index contributed by atoms with van der Waals surface area (Å²) >= 11 is 0. The Morgan fingerprint density at radius 3 is 2.56 bits per heavy atom. The van der Waals surface area contributed by atoms with E-state index in [0.717, 1.165) is 18.7 Å². The number of carbonyl (C=O) groups is 1. The maximum absolute atomic E-state index is 11.5. The Bertz CT molecular complexity index is 320. The lowest BCUT2D eigenvalue weighted by atomic mass is 10.1. The molecule has 18 heavy (non-hydrogen) atoms. The molecule has 5 heteroatoms. The third-order valence-electron chi connectivity index (χ3n) is 2.31. The number of benzene rings is 1. The van der Waals surface area contributed by atoms with Gasteiger partial charge in [-0.1, -0.05) is 30.3 Å². The second-order valence-electron chi connectivity index (χ2n) is 3.76. The second-order valence-corrected chi connectivity index (χ2v) is 3.76. The van der Waals surface area contributed by atoms with E-state index in [1.54, 1.807) is 7.11 Å². The zero-order chi connectivity index (χ0) is 12.3. The lowest BCUT2D eigenvalue weighted by Gasteiger charge is -2.06. The molecule has 1 aromatic carbocycles. The molecule has 0 heterocycles. The van der Waals surface area contributed by atoms with Crippen LogP contribution >= 0.6 is 12.4 Å². The Labute approximate surface area is 115 Å². The van der Waals surface area contributed by atoms with Crippen LogP contribution in [-0.2, 0) is 16.0 Å². The number of halogens is 1. The molecule has 0 radical (unpaired) electrons. The fraction of sp³-hybridized carbons (Fsp3) is 0.462. The Hall–Kier alpha value is -1.10. The lowest BCUT2D eigenvalue weighted by molar-refractivity contribution is -0.120. The molecular weight excluding hydrogens is 252 g/mol. The van der Waals surface area contributed by atoms with E-state index >= 15 is 0 Å². The zero-order valence-electron chi connectivity index (χ0n) is 10.6. The maximum atomic E-state index is 11.5. The van der Waals surface area contributed by atoms with Gasteiger partial charge in [0.05, 0.1) is 13.0 Å². The van der Waals surface area contributed by atoms with Crippen molar-refractivity contribution in [1.29, 1.82) is 0 Å². The molecule has 2 N–H and O–H groups in total. The molecule has 0 saturated carbocycles. The summed E-state index contributed by atoms with van der Waals surface area (Å²) in [6.07, 6.45) is 0.443. The number of carbonyl (C=O) groups excluding carboxylic acids is 1. The van der Waals surface area contributed by atoms with Crippen molar-refractivity contribution in [3.63, 3.8) is 0 Å². The molecule has 0 bridgehead atoms. The molecule has 1 amide bonds. The predicted molar refractivity (Wildman–Crippen MR) is 75.1 cm³/mol. The van der Waals surface area contributed by atoms with Crippen molar-refractivity contribution in [2.24, 2.45) is 0 Å². The number of nitrogens with one attached hydrogen (secondary N) is 2. The van der Waals surface area contributed by atoms with Crippen molar-refractivity contribution in [2.75, 3.05) is 33.4 Å². The monoisotopic (exact) mass is 272 g/mol. The molecule has 4 nitrogen and oxygen atoms in total. The number of amides is 1. The van der Waals surface area contributed by atoms with Gasteiger partial charge in [0, 0.05) is 26.7 Å². The highest BCUT2D eigenvalue weighted by Gasteiger charge is 2.01. The summed E-state index contributed by atoms with van der Waals surface area (Å²) in [5.41, 5.74) is 1.04. The Balaban J connectivity index is 0.00000289. The first-order valence-corrected chi connectivity index (χ1v) is 5.83. The van der Waals surface area contributed by atoms with Crippen molar-refractivity contribution >= 4 is 18.3 Å². The Morgan fingerprint density at radius 2 is 1.89 bits per heavy atom.